The van der Waals surface area contributed by atoms with Gasteiger partial charge in [-0.1, -0.05) is 40.2 Å². The number of para-hydroxylation sites is 1. The first-order valence-electron chi connectivity index (χ1n) is 6.19. The van der Waals surface area contributed by atoms with Gasteiger partial charge in [-0.2, -0.15) is 0 Å². The van der Waals surface area contributed by atoms with E-state index in [0.717, 1.165) is 26.7 Å². The molecular weight excluding hydrogens is 318 g/mol. The minimum Gasteiger partial charge on any atom is -0.451 e. The Labute approximate surface area is 124 Å². The Balaban J connectivity index is 1.91. The molecule has 0 aliphatic rings. The number of hydrogen-bond acceptors (Lipinski definition) is 2. The largest absolute Gasteiger partial charge is 0.451 e. The predicted octanol–water partition coefficient (Wildman–Crippen LogP) is 4.76. The fourth-order valence-electron chi connectivity index (χ4n) is 2.08. The molecule has 1 amide bonds. The maximum atomic E-state index is 12.2. The molecule has 0 saturated carbocycles. The van der Waals surface area contributed by atoms with Gasteiger partial charge in [0, 0.05) is 15.5 Å². The quantitative estimate of drug-likeness (QED) is 0.736. The van der Waals surface area contributed by atoms with Crippen LogP contribution in [0, 0.1) is 6.92 Å². The highest BCUT2D eigenvalue weighted by molar-refractivity contribution is 9.10. The van der Waals surface area contributed by atoms with E-state index in [9.17, 15) is 4.79 Å². The topological polar surface area (TPSA) is 42.2 Å². The smallest absolute Gasteiger partial charge is 0.291 e. The van der Waals surface area contributed by atoms with Crippen molar-refractivity contribution >= 4 is 38.5 Å². The van der Waals surface area contributed by atoms with Crippen LogP contribution in [0.4, 0.5) is 5.69 Å². The van der Waals surface area contributed by atoms with Gasteiger partial charge in [-0.3, -0.25) is 4.79 Å². The van der Waals surface area contributed by atoms with E-state index >= 15 is 0 Å². The van der Waals surface area contributed by atoms with E-state index < -0.39 is 0 Å². The van der Waals surface area contributed by atoms with Crippen molar-refractivity contribution in [2.45, 2.75) is 6.92 Å². The minimum absolute atomic E-state index is 0.251. The average Bonchev–Trinajstić information content (AvgIpc) is 2.84. The van der Waals surface area contributed by atoms with Gasteiger partial charge in [-0.05, 0) is 36.8 Å². The van der Waals surface area contributed by atoms with Gasteiger partial charge < -0.3 is 9.73 Å². The van der Waals surface area contributed by atoms with Gasteiger partial charge >= 0.3 is 0 Å². The molecular formula is C16H12BrNO2. The Morgan fingerprint density at radius 2 is 1.95 bits per heavy atom. The molecule has 0 aliphatic carbocycles. The first-order valence-corrected chi connectivity index (χ1v) is 6.99. The second-order valence-electron chi connectivity index (χ2n) is 4.57. The summed E-state index contributed by atoms with van der Waals surface area (Å²) in [5.41, 5.74) is 2.50. The molecule has 2 aromatic carbocycles. The molecule has 0 saturated heterocycles. The second-order valence-corrected chi connectivity index (χ2v) is 5.48. The number of amides is 1. The number of carbonyl (C=O) groups is 1. The van der Waals surface area contributed by atoms with E-state index in [4.69, 9.17) is 4.42 Å². The van der Waals surface area contributed by atoms with Crippen LogP contribution in [0.15, 0.2) is 57.4 Å². The van der Waals surface area contributed by atoms with Crippen LogP contribution in [0.25, 0.3) is 11.0 Å². The van der Waals surface area contributed by atoms with Gasteiger partial charge in [0.2, 0.25) is 0 Å². The summed E-state index contributed by atoms with van der Waals surface area (Å²) in [6.07, 6.45) is 0. The van der Waals surface area contributed by atoms with E-state index in [0.29, 0.717) is 5.76 Å². The highest BCUT2D eigenvalue weighted by Crippen LogP contribution is 2.23. The Morgan fingerprint density at radius 3 is 2.70 bits per heavy atom. The number of hydrogen-bond donors (Lipinski definition) is 1. The van der Waals surface area contributed by atoms with Gasteiger partial charge in [-0.15, -0.1) is 0 Å². The number of halogens is 1. The number of carbonyl (C=O) groups excluding carboxylic acids is 1. The summed E-state index contributed by atoms with van der Waals surface area (Å²) >= 11 is 3.37. The zero-order chi connectivity index (χ0) is 14.1. The monoisotopic (exact) mass is 329 g/mol. The molecule has 3 nitrogen and oxygen atoms in total. The number of anilines is 1. The first kappa shape index (κ1) is 12.9. The highest BCUT2D eigenvalue weighted by atomic mass is 79.9. The summed E-state index contributed by atoms with van der Waals surface area (Å²) in [5, 5.41) is 3.75. The lowest BCUT2D eigenvalue weighted by atomic mass is 10.2. The molecule has 1 heterocycles. The molecule has 20 heavy (non-hydrogen) atoms. The van der Waals surface area contributed by atoms with Crippen LogP contribution in [0.3, 0.4) is 0 Å². The van der Waals surface area contributed by atoms with Crippen LogP contribution in [0.5, 0.6) is 0 Å². The molecule has 0 unspecified atom stereocenters. The van der Waals surface area contributed by atoms with Gasteiger partial charge in [-0.25, -0.2) is 0 Å². The van der Waals surface area contributed by atoms with Gasteiger partial charge in [0.15, 0.2) is 5.76 Å². The molecule has 0 radical (unpaired) electrons. The summed E-state index contributed by atoms with van der Waals surface area (Å²) in [6.45, 7) is 1.96. The third-order valence-corrected chi connectivity index (χ3v) is 3.54. The molecule has 1 aromatic heterocycles. The first-order chi connectivity index (χ1) is 9.63. The molecule has 4 heteroatoms. The molecule has 0 atom stereocenters. The molecule has 0 aliphatic heterocycles. The normalized spacial score (nSPS) is 10.7. The van der Waals surface area contributed by atoms with Crippen molar-refractivity contribution in [2.24, 2.45) is 0 Å². The Kier molecular flexibility index (Phi) is 3.32. The molecule has 100 valence electrons. The molecule has 3 aromatic rings. The number of nitrogens with one attached hydrogen (secondary N) is 1. The number of furan rings is 1. The molecule has 0 fully saturated rings. The van der Waals surface area contributed by atoms with E-state index in [-0.39, 0.29) is 5.91 Å². The summed E-state index contributed by atoms with van der Waals surface area (Å²) in [4.78, 5) is 12.2. The number of rotatable bonds is 2. The van der Waals surface area contributed by atoms with Crippen molar-refractivity contribution < 1.29 is 9.21 Å². The number of fused-ring (bicyclic) bond motifs is 1. The zero-order valence-corrected chi connectivity index (χ0v) is 12.4. The highest BCUT2D eigenvalue weighted by Gasteiger charge is 2.13. The summed E-state index contributed by atoms with van der Waals surface area (Å²) in [6, 6.07) is 15.0. The van der Waals surface area contributed by atoms with E-state index in [1.54, 1.807) is 6.07 Å². The lowest BCUT2D eigenvalue weighted by Crippen LogP contribution is -2.10. The van der Waals surface area contributed by atoms with E-state index in [1.165, 1.54) is 0 Å². The molecule has 0 spiro atoms. The molecule has 3 rings (SSSR count). The van der Waals surface area contributed by atoms with Crippen molar-refractivity contribution in [3.05, 3.63) is 64.3 Å². The number of aryl methyl sites for hydroxylation is 1. The molecule has 1 N–H and O–H groups in total. The maximum absolute atomic E-state index is 12.2. The van der Waals surface area contributed by atoms with Gasteiger partial charge in [0.05, 0.1) is 0 Å². The SMILES string of the molecule is Cc1cccc2cc(C(=O)Nc3cccc(Br)c3)oc12. The lowest BCUT2D eigenvalue weighted by Gasteiger charge is -2.03. The van der Waals surface area contributed by atoms with Crippen LogP contribution in [-0.4, -0.2) is 5.91 Å². The van der Waals surface area contributed by atoms with Crippen LogP contribution >= 0.6 is 15.9 Å². The van der Waals surface area contributed by atoms with Crippen LogP contribution < -0.4 is 5.32 Å². The Bertz CT molecular complexity index is 792. The summed E-state index contributed by atoms with van der Waals surface area (Å²) < 4.78 is 6.55. The Hall–Kier alpha value is -2.07. The summed E-state index contributed by atoms with van der Waals surface area (Å²) in [5.74, 6) is 0.0629. The lowest BCUT2D eigenvalue weighted by molar-refractivity contribution is 0.0998. The van der Waals surface area contributed by atoms with E-state index in [2.05, 4.69) is 21.2 Å². The van der Waals surface area contributed by atoms with Crippen molar-refractivity contribution in [3.8, 4) is 0 Å². The third-order valence-electron chi connectivity index (χ3n) is 3.05. The van der Waals surface area contributed by atoms with Gasteiger partial charge in [0.1, 0.15) is 5.58 Å². The van der Waals surface area contributed by atoms with Crippen LogP contribution in [0.1, 0.15) is 16.1 Å². The van der Waals surface area contributed by atoms with E-state index in [1.807, 2.05) is 49.4 Å². The summed E-state index contributed by atoms with van der Waals surface area (Å²) in [7, 11) is 0. The zero-order valence-electron chi connectivity index (χ0n) is 10.8. The van der Waals surface area contributed by atoms with Crippen molar-refractivity contribution in [3.63, 3.8) is 0 Å². The van der Waals surface area contributed by atoms with Gasteiger partial charge in [0.25, 0.3) is 5.91 Å². The molecule has 0 bridgehead atoms. The standard InChI is InChI=1S/C16H12BrNO2/c1-10-4-2-5-11-8-14(20-15(10)11)16(19)18-13-7-3-6-12(17)9-13/h2-9H,1H3,(H,18,19). The fourth-order valence-corrected chi connectivity index (χ4v) is 2.48. The van der Waals surface area contributed by atoms with Crippen molar-refractivity contribution in [1.82, 2.24) is 0 Å². The van der Waals surface area contributed by atoms with Crippen LogP contribution in [0.2, 0.25) is 0 Å². The second kappa shape index (κ2) is 5.13. The van der Waals surface area contributed by atoms with Crippen LogP contribution in [-0.2, 0) is 0 Å². The maximum Gasteiger partial charge on any atom is 0.291 e. The van der Waals surface area contributed by atoms with Crippen molar-refractivity contribution in [1.29, 1.82) is 0 Å². The van der Waals surface area contributed by atoms with Crippen molar-refractivity contribution in [2.75, 3.05) is 5.32 Å². The third kappa shape index (κ3) is 2.47. The fraction of sp³-hybridized carbons (Fsp3) is 0.0625. The minimum atomic E-state index is -0.251. The average molecular weight is 330 g/mol. The number of benzene rings is 2. The predicted molar refractivity (Wildman–Crippen MR) is 83.0 cm³/mol. The Morgan fingerprint density at radius 1 is 1.15 bits per heavy atom.